The van der Waals surface area contributed by atoms with Crippen LogP contribution in [0.4, 0.5) is 0 Å². The molecule has 0 aliphatic heterocycles. The summed E-state index contributed by atoms with van der Waals surface area (Å²) in [7, 11) is 0. The quantitative estimate of drug-likeness (QED) is 0.821. The number of hydrogen-bond acceptors (Lipinski definition) is 2. The van der Waals surface area contributed by atoms with Gasteiger partial charge in [-0.2, -0.15) is 4.98 Å². The molecule has 3 nitrogen and oxygen atoms in total. The fourth-order valence-electron chi connectivity index (χ4n) is 1.45. The number of halogens is 2. The highest BCUT2D eigenvalue weighted by Gasteiger charge is 2.14. The smallest absolute Gasteiger partial charge is 0.218 e. The fourth-order valence-corrected chi connectivity index (χ4v) is 2.56. The van der Waals surface area contributed by atoms with E-state index in [1.54, 1.807) is 0 Å². The molecule has 0 saturated heterocycles. The highest BCUT2D eigenvalue weighted by Crippen LogP contribution is 2.23. The zero-order valence-corrected chi connectivity index (χ0v) is 11.7. The molecule has 1 aromatic rings. The maximum Gasteiger partial charge on any atom is 0.218 e. The van der Waals surface area contributed by atoms with Crippen LogP contribution < -0.4 is 0 Å². The van der Waals surface area contributed by atoms with Crippen molar-refractivity contribution >= 4 is 31.9 Å². The topological polar surface area (TPSA) is 30.7 Å². The number of nitrogens with zero attached hydrogens (tertiary/aromatic N) is 3. The van der Waals surface area contributed by atoms with E-state index in [-0.39, 0.29) is 0 Å². The lowest BCUT2D eigenvalue weighted by atomic mass is 10.1. The Labute approximate surface area is 102 Å². The van der Waals surface area contributed by atoms with Gasteiger partial charge in [-0.3, -0.25) is 0 Å². The summed E-state index contributed by atoms with van der Waals surface area (Å²) in [6.07, 6.45) is 4.72. The van der Waals surface area contributed by atoms with Crippen LogP contribution in [0, 0.1) is 0 Å². The Hall–Kier alpha value is 0.1000. The Bertz CT molecular complexity index is 286. The first kappa shape index (κ1) is 12.2. The second-order valence-corrected chi connectivity index (χ2v) is 4.72. The van der Waals surface area contributed by atoms with Crippen LogP contribution in [0.15, 0.2) is 9.47 Å². The molecule has 0 saturated carbocycles. The van der Waals surface area contributed by atoms with Gasteiger partial charge in [0.15, 0.2) is 4.73 Å². The molecule has 0 spiro atoms. The number of rotatable bonds is 5. The van der Waals surface area contributed by atoms with Crippen molar-refractivity contribution < 1.29 is 0 Å². The van der Waals surface area contributed by atoms with Crippen LogP contribution >= 0.6 is 31.9 Å². The molecule has 1 atom stereocenters. The van der Waals surface area contributed by atoms with Crippen molar-refractivity contribution in [2.75, 3.05) is 0 Å². The summed E-state index contributed by atoms with van der Waals surface area (Å²) in [6.45, 7) is 4.39. The Kier molecular flexibility index (Phi) is 5.09. The minimum atomic E-state index is 0.461. The molecule has 1 unspecified atom stereocenters. The largest absolute Gasteiger partial charge is 0.236 e. The van der Waals surface area contributed by atoms with Crippen LogP contribution in [0.3, 0.4) is 0 Å². The summed E-state index contributed by atoms with van der Waals surface area (Å²) >= 11 is 6.69. The standard InChI is InChI=1S/C9H15Br2N3/c1-3-5-6-7(4-2)14-9(11)12-8(10)13-14/h7H,3-6H2,1-2H3. The van der Waals surface area contributed by atoms with E-state index < -0.39 is 0 Å². The molecule has 0 amide bonds. The predicted molar refractivity (Wildman–Crippen MR) is 64.3 cm³/mol. The van der Waals surface area contributed by atoms with Gasteiger partial charge in [0, 0.05) is 0 Å². The zero-order chi connectivity index (χ0) is 10.6. The van der Waals surface area contributed by atoms with Gasteiger partial charge in [0.05, 0.1) is 6.04 Å². The Morgan fingerprint density at radius 2 is 2.07 bits per heavy atom. The van der Waals surface area contributed by atoms with Crippen molar-refractivity contribution in [2.45, 2.75) is 45.6 Å². The molecule has 0 fully saturated rings. The van der Waals surface area contributed by atoms with Crippen LogP contribution in [-0.4, -0.2) is 14.8 Å². The molecule has 0 radical (unpaired) electrons. The Balaban J connectivity index is 2.72. The highest BCUT2D eigenvalue weighted by molar-refractivity contribution is 9.11. The van der Waals surface area contributed by atoms with E-state index in [4.69, 9.17) is 0 Å². The van der Waals surface area contributed by atoms with Crippen LogP contribution in [0.5, 0.6) is 0 Å². The molecule has 1 rings (SSSR count). The second-order valence-electron chi connectivity index (χ2n) is 3.30. The maximum atomic E-state index is 4.31. The molecule has 0 aromatic carbocycles. The first-order valence-electron chi connectivity index (χ1n) is 4.96. The van der Waals surface area contributed by atoms with Gasteiger partial charge in [0.25, 0.3) is 0 Å². The summed E-state index contributed by atoms with van der Waals surface area (Å²) in [5, 5.41) is 4.31. The first-order valence-corrected chi connectivity index (χ1v) is 6.55. The minimum absolute atomic E-state index is 0.461. The monoisotopic (exact) mass is 323 g/mol. The van der Waals surface area contributed by atoms with Crippen LogP contribution in [0.1, 0.15) is 45.6 Å². The van der Waals surface area contributed by atoms with Gasteiger partial charge in [-0.15, -0.1) is 5.10 Å². The van der Waals surface area contributed by atoms with Crippen LogP contribution in [0.2, 0.25) is 0 Å². The average molecular weight is 325 g/mol. The molecule has 0 N–H and O–H groups in total. The summed E-state index contributed by atoms with van der Waals surface area (Å²) in [4.78, 5) is 4.17. The second kappa shape index (κ2) is 5.85. The van der Waals surface area contributed by atoms with Gasteiger partial charge in [0.1, 0.15) is 0 Å². The lowest BCUT2D eigenvalue weighted by Crippen LogP contribution is -2.10. The summed E-state index contributed by atoms with van der Waals surface area (Å²) < 4.78 is 3.42. The van der Waals surface area contributed by atoms with E-state index in [1.807, 2.05) is 4.68 Å². The first-order chi connectivity index (χ1) is 6.69. The predicted octanol–water partition coefficient (Wildman–Crippen LogP) is 3.94. The van der Waals surface area contributed by atoms with Crippen molar-refractivity contribution in [3.05, 3.63) is 9.47 Å². The molecule has 0 aliphatic carbocycles. The molecule has 0 aliphatic rings. The van der Waals surface area contributed by atoms with Crippen molar-refractivity contribution in [3.63, 3.8) is 0 Å². The molecule has 14 heavy (non-hydrogen) atoms. The van der Waals surface area contributed by atoms with Crippen molar-refractivity contribution in [1.29, 1.82) is 0 Å². The SMILES string of the molecule is CCCCC(CC)n1nc(Br)nc1Br. The third kappa shape index (κ3) is 3.05. The third-order valence-electron chi connectivity index (χ3n) is 2.27. The van der Waals surface area contributed by atoms with Crippen molar-refractivity contribution in [2.24, 2.45) is 0 Å². The summed E-state index contributed by atoms with van der Waals surface area (Å²) in [6, 6.07) is 0.461. The average Bonchev–Trinajstić information content (AvgIpc) is 2.47. The molecule has 5 heteroatoms. The third-order valence-corrected chi connectivity index (χ3v) is 3.15. The van der Waals surface area contributed by atoms with Crippen LogP contribution in [0.25, 0.3) is 0 Å². The fraction of sp³-hybridized carbons (Fsp3) is 0.778. The Morgan fingerprint density at radius 3 is 2.50 bits per heavy atom. The zero-order valence-electron chi connectivity index (χ0n) is 8.50. The number of aromatic nitrogens is 3. The molecule has 0 bridgehead atoms. The Morgan fingerprint density at radius 1 is 1.36 bits per heavy atom. The molecular formula is C9H15Br2N3. The minimum Gasteiger partial charge on any atom is -0.236 e. The number of unbranched alkanes of at least 4 members (excludes halogenated alkanes) is 1. The van der Waals surface area contributed by atoms with Crippen molar-refractivity contribution in [3.8, 4) is 0 Å². The van der Waals surface area contributed by atoms with E-state index >= 15 is 0 Å². The van der Waals surface area contributed by atoms with Gasteiger partial charge < -0.3 is 0 Å². The molecule has 1 aromatic heterocycles. The summed E-state index contributed by atoms with van der Waals surface area (Å²) in [5.74, 6) is 0. The van der Waals surface area contributed by atoms with E-state index in [0.29, 0.717) is 10.8 Å². The number of hydrogen-bond donors (Lipinski definition) is 0. The van der Waals surface area contributed by atoms with E-state index in [1.165, 1.54) is 19.3 Å². The lowest BCUT2D eigenvalue weighted by molar-refractivity contribution is 0.392. The highest BCUT2D eigenvalue weighted by atomic mass is 79.9. The normalized spacial score (nSPS) is 13.1. The van der Waals surface area contributed by atoms with Crippen molar-refractivity contribution in [1.82, 2.24) is 14.8 Å². The van der Waals surface area contributed by atoms with Gasteiger partial charge in [-0.1, -0.05) is 26.7 Å². The lowest BCUT2D eigenvalue weighted by Gasteiger charge is -2.14. The summed E-state index contributed by atoms with van der Waals surface area (Å²) in [5.41, 5.74) is 0. The molecule has 1 heterocycles. The van der Waals surface area contributed by atoms with Gasteiger partial charge >= 0.3 is 0 Å². The molecular weight excluding hydrogens is 310 g/mol. The van der Waals surface area contributed by atoms with Gasteiger partial charge in [0.2, 0.25) is 4.73 Å². The van der Waals surface area contributed by atoms with Crippen LogP contribution in [-0.2, 0) is 0 Å². The van der Waals surface area contributed by atoms with Gasteiger partial charge in [-0.05, 0) is 44.7 Å². The van der Waals surface area contributed by atoms with E-state index in [0.717, 1.165) is 11.2 Å². The van der Waals surface area contributed by atoms with Gasteiger partial charge in [-0.25, -0.2) is 4.68 Å². The van der Waals surface area contributed by atoms with E-state index in [9.17, 15) is 0 Å². The van der Waals surface area contributed by atoms with E-state index in [2.05, 4.69) is 55.8 Å². The maximum absolute atomic E-state index is 4.31. The molecule has 80 valence electrons.